The molecule has 0 radical (unpaired) electrons. The molecule has 0 fully saturated rings. The minimum Gasteiger partial charge on any atom is -0.396 e. The number of fused-ring (bicyclic) bond motifs is 1. The van der Waals surface area contributed by atoms with Gasteiger partial charge in [-0.25, -0.2) is 0 Å². The Balaban J connectivity index is 1.83. The smallest absolute Gasteiger partial charge is 0.252 e. The molecule has 0 unspecified atom stereocenters. The first-order chi connectivity index (χ1) is 13.8. The lowest BCUT2D eigenvalue weighted by Crippen LogP contribution is -2.28. The highest BCUT2D eigenvalue weighted by atomic mass is 16.3. The number of aliphatic hydroxyl groups is 1. The van der Waals surface area contributed by atoms with Crippen molar-refractivity contribution in [2.24, 2.45) is 0 Å². The zero-order valence-corrected chi connectivity index (χ0v) is 18.0. The zero-order chi connectivity index (χ0) is 21.0. The molecule has 2 aromatic carbocycles. The Hall–Kier alpha value is -2.43. The van der Waals surface area contributed by atoms with Crippen LogP contribution in [0.5, 0.6) is 0 Å². The molecule has 0 spiro atoms. The van der Waals surface area contributed by atoms with E-state index in [1.54, 1.807) is 0 Å². The first-order valence-electron chi connectivity index (χ1n) is 10.3. The van der Waals surface area contributed by atoms with Gasteiger partial charge in [0.2, 0.25) is 0 Å². The summed E-state index contributed by atoms with van der Waals surface area (Å²) >= 11 is 0. The van der Waals surface area contributed by atoms with Crippen LogP contribution in [0.15, 0.2) is 53.3 Å². The van der Waals surface area contributed by atoms with Gasteiger partial charge in [-0.05, 0) is 53.5 Å². The molecule has 1 heterocycles. The van der Waals surface area contributed by atoms with E-state index in [1.807, 2.05) is 18.2 Å². The van der Waals surface area contributed by atoms with Crippen LogP contribution in [-0.4, -0.2) is 28.1 Å². The number of rotatable bonds is 7. The third-order valence-electron chi connectivity index (χ3n) is 5.33. The Kier molecular flexibility index (Phi) is 6.56. The Morgan fingerprint density at radius 3 is 2.38 bits per heavy atom. The van der Waals surface area contributed by atoms with E-state index in [9.17, 15) is 9.90 Å². The number of aliphatic hydroxyl groups excluding tert-OH is 1. The number of nitrogens with zero attached hydrogens (tertiary/aromatic N) is 1. The SMILES string of the molecule is Cc1ccc2[nH]c(=O)c(CN(CCCO)Cc3ccc(C(C)(C)C)cc3)cc2c1. The molecular formula is C25H32N2O2. The maximum Gasteiger partial charge on any atom is 0.252 e. The van der Waals surface area contributed by atoms with Crippen LogP contribution in [0.2, 0.25) is 0 Å². The van der Waals surface area contributed by atoms with Gasteiger partial charge in [-0.2, -0.15) is 0 Å². The number of benzene rings is 2. The Bertz CT molecular complexity index is 1010. The summed E-state index contributed by atoms with van der Waals surface area (Å²) in [5.74, 6) is 0. The quantitative estimate of drug-likeness (QED) is 0.622. The van der Waals surface area contributed by atoms with Crippen LogP contribution in [-0.2, 0) is 18.5 Å². The highest BCUT2D eigenvalue weighted by Gasteiger charge is 2.14. The van der Waals surface area contributed by atoms with E-state index < -0.39 is 0 Å². The molecule has 0 saturated carbocycles. The lowest BCUT2D eigenvalue weighted by molar-refractivity contribution is 0.212. The van der Waals surface area contributed by atoms with Crippen LogP contribution in [0.4, 0.5) is 0 Å². The van der Waals surface area contributed by atoms with Crippen LogP contribution in [0.1, 0.15) is 49.4 Å². The van der Waals surface area contributed by atoms with E-state index in [-0.39, 0.29) is 17.6 Å². The van der Waals surface area contributed by atoms with E-state index in [4.69, 9.17) is 0 Å². The maximum absolute atomic E-state index is 12.6. The van der Waals surface area contributed by atoms with Crippen molar-refractivity contribution < 1.29 is 5.11 Å². The molecule has 0 aliphatic carbocycles. The predicted octanol–water partition coefficient (Wildman–Crippen LogP) is 4.52. The van der Waals surface area contributed by atoms with E-state index in [1.165, 1.54) is 16.7 Å². The van der Waals surface area contributed by atoms with E-state index in [0.29, 0.717) is 13.0 Å². The van der Waals surface area contributed by atoms with Gasteiger partial charge in [0, 0.05) is 37.3 Å². The fourth-order valence-electron chi connectivity index (χ4n) is 3.61. The van der Waals surface area contributed by atoms with Crippen LogP contribution < -0.4 is 5.56 Å². The lowest BCUT2D eigenvalue weighted by Gasteiger charge is -2.23. The highest BCUT2D eigenvalue weighted by Crippen LogP contribution is 2.23. The molecule has 1 aromatic heterocycles. The van der Waals surface area contributed by atoms with Crippen molar-refractivity contribution in [1.82, 2.24) is 9.88 Å². The Labute approximate surface area is 173 Å². The predicted molar refractivity (Wildman–Crippen MR) is 120 cm³/mol. The summed E-state index contributed by atoms with van der Waals surface area (Å²) in [4.78, 5) is 17.8. The van der Waals surface area contributed by atoms with Gasteiger partial charge in [0.25, 0.3) is 5.56 Å². The van der Waals surface area contributed by atoms with Gasteiger partial charge in [-0.15, -0.1) is 0 Å². The Morgan fingerprint density at radius 2 is 1.72 bits per heavy atom. The van der Waals surface area contributed by atoms with Crippen molar-refractivity contribution in [2.75, 3.05) is 13.2 Å². The van der Waals surface area contributed by atoms with Gasteiger partial charge in [0.05, 0.1) is 0 Å². The first kappa shape index (κ1) is 21.3. The average Bonchev–Trinajstić information content (AvgIpc) is 2.66. The lowest BCUT2D eigenvalue weighted by atomic mass is 9.87. The van der Waals surface area contributed by atoms with Crippen LogP contribution in [0.3, 0.4) is 0 Å². The van der Waals surface area contributed by atoms with Gasteiger partial charge in [-0.3, -0.25) is 9.69 Å². The molecule has 0 aliphatic rings. The molecule has 0 aliphatic heterocycles. The van der Waals surface area contributed by atoms with Crippen LogP contribution >= 0.6 is 0 Å². The van der Waals surface area contributed by atoms with Gasteiger partial charge in [0.1, 0.15) is 0 Å². The largest absolute Gasteiger partial charge is 0.396 e. The number of aryl methyl sites for hydroxylation is 1. The number of hydrogen-bond donors (Lipinski definition) is 2. The van der Waals surface area contributed by atoms with E-state index in [0.717, 1.165) is 29.6 Å². The van der Waals surface area contributed by atoms with Crippen molar-refractivity contribution in [2.45, 2.75) is 52.6 Å². The highest BCUT2D eigenvalue weighted by molar-refractivity contribution is 5.79. The van der Waals surface area contributed by atoms with Crippen LogP contribution in [0.25, 0.3) is 10.9 Å². The topological polar surface area (TPSA) is 56.3 Å². The first-order valence-corrected chi connectivity index (χ1v) is 10.3. The third kappa shape index (κ3) is 5.55. The summed E-state index contributed by atoms with van der Waals surface area (Å²) in [5.41, 5.74) is 5.40. The zero-order valence-electron chi connectivity index (χ0n) is 18.0. The second kappa shape index (κ2) is 8.93. The van der Waals surface area contributed by atoms with Crippen molar-refractivity contribution in [3.8, 4) is 0 Å². The number of hydrogen-bond acceptors (Lipinski definition) is 3. The molecule has 0 bridgehead atoms. The minimum atomic E-state index is -0.0431. The van der Waals surface area contributed by atoms with Crippen molar-refractivity contribution in [3.63, 3.8) is 0 Å². The number of nitrogens with one attached hydrogen (secondary N) is 1. The van der Waals surface area contributed by atoms with E-state index in [2.05, 4.69) is 67.9 Å². The van der Waals surface area contributed by atoms with Crippen LogP contribution in [0, 0.1) is 6.92 Å². The minimum absolute atomic E-state index is 0.0431. The standard InChI is InChI=1S/C25H32N2O2/c1-18-6-11-23-20(14-18)15-21(24(29)26-23)17-27(12-5-13-28)16-19-7-9-22(10-8-19)25(2,3)4/h6-11,14-15,28H,5,12-13,16-17H2,1-4H3,(H,26,29). The number of pyridine rings is 1. The van der Waals surface area contributed by atoms with Crippen molar-refractivity contribution in [1.29, 1.82) is 0 Å². The molecule has 4 heteroatoms. The number of aromatic nitrogens is 1. The average molecular weight is 393 g/mol. The molecule has 0 atom stereocenters. The number of aromatic amines is 1. The fourth-order valence-corrected chi connectivity index (χ4v) is 3.61. The molecule has 3 rings (SSSR count). The monoisotopic (exact) mass is 392 g/mol. The van der Waals surface area contributed by atoms with Gasteiger partial charge in [0.15, 0.2) is 0 Å². The summed E-state index contributed by atoms with van der Waals surface area (Å²) in [6.45, 7) is 10.9. The normalized spacial score (nSPS) is 12.1. The van der Waals surface area contributed by atoms with Gasteiger partial charge in [-0.1, -0.05) is 56.7 Å². The van der Waals surface area contributed by atoms with Crippen molar-refractivity contribution in [3.05, 3.63) is 81.1 Å². The molecule has 0 saturated heterocycles. The summed E-state index contributed by atoms with van der Waals surface area (Å²) in [7, 11) is 0. The molecule has 29 heavy (non-hydrogen) atoms. The summed E-state index contributed by atoms with van der Waals surface area (Å²) in [5, 5.41) is 10.4. The second-order valence-electron chi connectivity index (χ2n) is 8.95. The molecule has 154 valence electrons. The van der Waals surface area contributed by atoms with E-state index >= 15 is 0 Å². The maximum atomic E-state index is 12.6. The summed E-state index contributed by atoms with van der Waals surface area (Å²) in [6.07, 6.45) is 0.685. The summed E-state index contributed by atoms with van der Waals surface area (Å²) in [6, 6.07) is 16.8. The Morgan fingerprint density at radius 1 is 1.00 bits per heavy atom. The second-order valence-corrected chi connectivity index (χ2v) is 8.95. The summed E-state index contributed by atoms with van der Waals surface area (Å²) < 4.78 is 0. The third-order valence-corrected chi connectivity index (χ3v) is 5.33. The van der Waals surface area contributed by atoms with Crippen molar-refractivity contribution >= 4 is 10.9 Å². The fraction of sp³-hybridized carbons (Fsp3) is 0.400. The molecule has 3 aromatic rings. The molecular weight excluding hydrogens is 360 g/mol. The van der Waals surface area contributed by atoms with Gasteiger partial charge < -0.3 is 10.1 Å². The number of H-pyrrole nitrogens is 1. The molecule has 0 amide bonds. The molecule has 2 N–H and O–H groups in total. The molecule has 4 nitrogen and oxygen atoms in total. The van der Waals surface area contributed by atoms with Gasteiger partial charge >= 0.3 is 0 Å².